The Hall–Kier alpha value is -0.640. The molecule has 1 fully saturated rings. The van der Waals surface area contributed by atoms with Gasteiger partial charge in [0, 0.05) is 0 Å². The summed E-state index contributed by atoms with van der Waals surface area (Å²) in [4.78, 5) is 11.4. The van der Waals surface area contributed by atoms with Gasteiger partial charge in [0.2, 0.25) is 5.91 Å². The van der Waals surface area contributed by atoms with Crippen LogP contribution >= 0.6 is 12.2 Å². The number of thiocarbonyl (C=S) groups is 1. The highest BCUT2D eigenvalue weighted by molar-refractivity contribution is 7.80. The van der Waals surface area contributed by atoms with Crippen LogP contribution in [-0.2, 0) is 4.79 Å². The number of nitrogens with two attached hydrogens (primary N) is 2. The molecule has 1 aliphatic carbocycles. The fraction of sp³-hybridized carbons (Fsp3) is 0.750. The minimum atomic E-state index is -0.673. The minimum Gasteiger partial charge on any atom is -0.392 e. The van der Waals surface area contributed by atoms with Gasteiger partial charge in [0.1, 0.15) is 0 Å². The van der Waals surface area contributed by atoms with Crippen LogP contribution in [0.1, 0.15) is 32.1 Å². The van der Waals surface area contributed by atoms with Crippen LogP contribution in [-0.4, -0.2) is 10.9 Å². The molecule has 0 aliphatic heterocycles. The van der Waals surface area contributed by atoms with E-state index < -0.39 is 5.41 Å². The van der Waals surface area contributed by atoms with Crippen molar-refractivity contribution in [1.29, 1.82) is 0 Å². The van der Waals surface area contributed by atoms with Gasteiger partial charge in [-0.05, 0) is 12.8 Å². The van der Waals surface area contributed by atoms with Crippen LogP contribution < -0.4 is 11.5 Å². The highest BCUT2D eigenvalue weighted by atomic mass is 32.1. The van der Waals surface area contributed by atoms with Gasteiger partial charge in [-0.25, -0.2) is 0 Å². The van der Waals surface area contributed by atoms with Crippen molar-refractivity contribution in [2.24, 2.45) is 16.9 Å². The highest BCUT2D eigenvalue weighted by Crippen LogP contribution is 2.36. The summed E-state index contributed by atoms with van der Waals surface area (Å²) < 4.78 is 0. The van der Waals surface area contributed by atoms with Crippen molar-refractivity contribution in [3.8, 4) is 0 Å². The van der Waals surface area contributed by atoms with Crippen LogP contribution in [0.25, 0.3) is 0 Å². The van der Waals surface area contributed by atoms with Gasteiger partial charge in [0.25, 0.3) is 0 Å². The number of primary amides is 1. The van der Waals surface area contributed by atoms with Crippen molar-refractivity contribution >= 4 is 23.1 Å². The van der Waals surface area contributed by atoms with Gasteiger partial charge < -0.3 is 11.5 Å². The number of carbonyl (C=O) groups is 1. The number of rotatable bonds is 2. The maximum absolute atomic E-state index is 11.2. The molecular weight excluding hydrogens is 172 g/mol. The zero-order valence-corrected chi connectivity index (χ0v) is 7.82. The molecule has 3 nitrogen and oxygen atoms in total. The van der Waals surface area contributed by atoms with Gasteiger partial charge in [-0.15, -0.1) is 0 Å². The Morgan fingerprint density at radius 1 is 1.17 bits per heavy atom. The number of hydrogen-bond donors (Lipinski definition) is 2. The molecule has 1 aliphatic rings. The van der Waals surface area contributed by atoms with Gasteiger partial charge in [0.05, 0.1) is 10.4 Å². The standard InChI is InChI=1S/C8H14N2OS/c9-6(11)8(7(10)12)4-2-1-3-5-8/h1-5H2,(H2,9,11)(H2,10,12). The molecule has 0 aromatic carbocycles. The largest absolute Gasteiger partial charge is 0.392 e. The van der Waals surface area contributed by atoms with E-state index in [-0.39, 0.29) is 10.9 Å². The van der Waals surface area contributed by atoms with Gasteiger partial charge in [-0.1, -0.05) is 31.5 Å². The molecule has 0 unspecified atom stereocenters. The minimum absolute atomic E-state index is 0.273. The Kier molecular flexibility index (Phi) is 2.67. The van der Waals surface area contributed by atoms with Gasteiger partial charge in [-0.2, -0.15) is 0 Å². The highest BCUT2D eigenvalue weighted by Gasteiger charge is 2.40. The van der Waals surface area contributed by atoms with Crippen LogP contribution in [0.2, 0.25) is 0 Å². The van der Waals surface area contributed by atoms with Gasteiger partial charge >= 0.3 is 0 Å². The predicted octanol–water partition coefficient (Wildman–Crippen LogP) is 0.708. The summed E-state index contributed by atoms with van der Waals surface area (Å²) in [5.41, 5.74) is 10.2. The molecule has 4 N–H and O–H groups in total. The summed E-state index contributed by atoms with van der Waals surface area (Å²) in [5.74, 6) is -0.352. The first-order chi connectivity index (χ1) is 5.59. The molecule has 68 valence electrons. The summed E-state index contributed by atoms with van der Waals surface area (Å²) in [7, 11) is 0. The predicted molar refractivity (Wildman–Crippen MR) is 51.5 cm³/mol. The normalized spacial score (nSPS) is 21.7. The lowest BCUT2D eigenvalue weighted by Gasteiger charge is -2.32. The molecule has 1 amide bonds. The quantitative estimate of drug-likeness (QED) is 0.624. The Morgan fingerprint density at radius 2 is 1.67 bits per heavy atom. The molecule has 0 saturated heterocycles. The van der Waals surface area contributed by atoms with Crippen LogP contribution in [0.4, 0.5) is 0 Å². The molecule has 0 heterocycles. The third-order valence-corrected chi connectivity index (χ3v) is 3.04. The Labute approximate surface area is 77.5 Å². The second-order valence-electron chi connectivity index (χ2n) is 3.37. The monoisotopic (exact) mass is 186 g/mol. The van der Waals surface area contributed by atoms with Crippen LogP contribution in [0.3, 0.4) is 0 Å². The molecule has 4 heteroatoms. The lowest BCUT2D eigenvalue weighted by molar-refractivity contribution is -0.125. The fourth-order valence-electron chi connectivity index (χ4n) is 1.77. The Bertz CT molecular complexity index is 193. The average molecular weight is 186 g/mol. The number of carbonyl (C=O) groups excluding carboxylic acids is 1. The Morgan fingerprint density at radius 3 is 1.92 bits per heavy atom. The van der Waals surface area contributed by atoms with Crippen molar-refractivity contribution in [2.45, 2.75) is 32.1 Å². The summed E-state index contributed by atoms with van der Waals surface area (Å²) in [6.45, 7) is 0. The van der Waals surface area contributed by atoms with E-state index in [0.717, 1.165) is 32.1 Å². The second-order valence-corrected chi connectivity index (χ2v) is 3.81. The molecule has 0 aromatic rings. The van der Waals surface area contributed by atoms with E-state index in [0.29, 0.717) is 0 Å². The van der Waals surface area contributed by atoms with Crippen LogP contribution in [0.5, 0.6) is 0 Å². The molecule has 0 radical (unpaired) electrons. The van der Waals surface area contributed by atoms with E-state index in [1.165, 1.54) is 0 Å². The lowest BCUT2D eigenvalue weighted by Crippen LogP contribution is -2.47. The van der Waals surface area contributed by atoms with Crippen LogP contribution in [0, 0.1) is 5.41 Å². The average Bonchev–Trinajstić information content (AvgIpc) is 2.05. The zero-order chi connectivity index (χ0) is 9.19. The second kappa shape index (κ2) is 3.39. The molecule has 0 atom stereocenters. The molecular formula is C8H14N2OS. The topological polar surface area (TPSA) is 69.1 Å². The smallest absolute Gasteiger partial charge is 0.230 e. The summed E-state index contributed by atoms with van der Waals surface area (Å²) in [6, 6.07) is 0. The zero-order valence-electron chi connectivity index (χ0n) is 7.01. The molecule has 0 bridgehead atoms. The van der Waals surface area contributed by atoms with Gasteiger partial charge in [-0.3, -0.25) is 4.79 Å². The van der Waals surface area contributed by atoms with Gasteiger partial charge in [0.15, 0.2) is 0 Å². The van der Waals surface area contributed by atoms with E-state index in [1.807, 2.05) is 0 Å². The number of amides is 1. The van der Waals surface area contributed by atoms with Crippen molar-refractivity contribution in [3.63, 3.8) is 0 Å². The first-order valence-corrected chi connectivity index (χ1v) is 4.60. The SMILES string of the molecule is NC(=O)C1(C(N)=S)CCCCC1. The Balaban J connectivity index is 2.84. The van der Waals surface area contributed by atoms with E-state index >= 15 is 0 Å². The summed E-state index contributed by atoms with van der Waals surface area (Å²) in [6.07, 6.45) is 4.62. The lowest BCUT2D eigenvalue weighted by atomic mass is 9.73. The van der Waals surface area contributed by atoms with Crippen molar-refractivity contribution in [3.05, 3.63) is 0 Å². The number of hydrogen-bond acceptors (Lipinski definition) is 2. The molecule has 0 spiro atoms. The molecule has 1 rings (SSSR count). The van der Waals surface area contributed by atoms with Crippen molar-refractivity contribution in [2.75, 3.05) is 0 Å². The third-order valence-electron chi connectivity index (χ3n) is 2.65. The summed E-state index contributed by atoms with van der Waals surface area (Å²) in [5, 5.41) is 0. The van der Waals surface area contributed by atoms with Crippen LogP contribution in [0.15, 0.2) is 0 Å². The van der Waals surface area contributed by atoms with Crippen molar-refractivity contribution in [1.82, 2.24) is 0 Å². The van der Waals surface area contributed by atoms with Crippen molar-refractivity contribution < 1.29 is 4.79 Å². The van der Waals surface area contributed by atoms with E-state index in [4.69, 9.17) is 23.7 Å². The van der Waals surface area contributed by atoms with E-state index in [9.17, 15) is 4.79 Å². The maximum Gasteiger partial charge on any atom is 0.230 e. The third kappa shape index (κ3) is 1.43. The van der Waals surface area contributed by atoms with E-state index in [1.54, 1.807) is 0 Å². The maximum atomic E-state index is 11.2. The molecule has 0 aromatic heterocycles. The molecule has 12 heavy (non-hydrogen) atoms. The molecule has 1 saturated carbocycles. The van der Waals surface area contributed by atoms with E-state index in [2.05, 4.69) is 0 Å². The first kappa shape index (κ1) is 9.45. The first-order valence-electron chi connectivity index (χ1n) is 4.19. The summed E-state index contributed by atoms with van der Waals surface area (Å²) >= 11 is 4.88. The fourth-order valence-corrected chi connectivity index (χ4v) is 2.07.